The number of guanidine groups is 1. The van der Waals surface area contributed by atoms with E-state index in [1.54, 1.807) is 0 Å². The van der Waals surface area contributed by atoms with Crippen LogP contribution in [0.25, 0.3) is 0 Å². The van der Waals surface area contributed by atoms with Gasteiger partial charge in [0.15, 0.2) is 5.96 Å². The van der Waals surface area contributed by atoms with Crippen LogP contribution >= 0.6 is 24.0 Å². The van der Waals surface area contributed by atoms with E-state index in [9.17, 15) is 0 Å². The zero-order valence-electron chi connectivity index (χ0n) is 13.4. The van der Waals surface area contributed by atoms with Gasteiger partial charge in [-0.25, -0.2) is 0 Å². The summed E-state index contributed by atoms with van der Waals surface area (Å²) in [6.07, 6.45) is 1.17. The zero-order chi connectivity index (χ0) is 14.5. The third-order valence-electron chi connectivity index (χ3n) is 4.02. The highest BCUT2D eigenvalue weighted by atomic mass is 127. The van der Waals surface area contributed by atoms with Crippen LogP contribution in [0, 0.1) is 0 Å². The molecule has 1 aliphatic rings. The van der Waals surface area contributed by atoms with Gasteiger partial charge < -0.3 is 10.2 Å². The lowest BCUT2D eigenvalue weighted by Crippen LogP contribution is -2.44. The lowest BCUT2D eigenvalue weighted by molar-refractivity contribution is 0.258. The summed E-state index contributed by atoms with van der Waals surface area (Å²) in [4.78, 5) is 8.86. The highest BCUT2D eigenvalue weighted by Gasteiger charge is 2.27. The third-order valence-corrected chi connectivity index (χ3v) is 4.02. The number of rotatable bonds is 3. The summed E-state index contributed by atoms with van der Waals surface area (Å²) in [6, 6.07) is 11.7. The molecular weight excluding hydrogens is 375 g/mol. The van der Waals surface area contributed by atoms with Crippen LogP contribution in [0.15, 0.2) is 35.3 Å². The fourth-order valence-corrected chi connectivity index (χ4v) is 2.78. The number of nitrogens with zero attached hydrogens (tertiary/aromatic N) is 3. The van der Waals surface area contributed by atoms with Crippen LogP contribution in [-0.4, -0.2) is 56.0 Å². The van der Waals surface area contributed by atoms with E-state index in [2.05, 4.69) is 52.5 Å². The van der Waals surface area contributed by atoms with E-state index in [4.69, 9.17) is 0 Å². The summed E-state index contributed by atoms with van der Waals surface area (Å²) in [5.41, 5.74) is 1.39. The van der Waals surface area contributed by atoms with Gasteiger partial charge in [0.05, 0.1) is 0 Å². The van der Waals surface area contributed by atoms with E-state index in [1.807, 2.05) is 26.0 Å². The molecule has 0 amide bonds. The maximum atomic E-state index is 4.29. The fraction of sp³-hybridized carbons (Fsp3) is 0.562. The van der Waals surface area contributed by atoms with E-state index < -0.39 is 0 Å². The molecule has 2 unspecified atom stereocenters. The number of halogens is 1. The lowest BCUT2D eigenvalue weighted by Gasteiger charge is -2.26. The van der Waals surface area contributed by atoms with Crippen molar-refractivity contribution >= 4 is 29.9 Å². The second-order valence-electron chi connectivity index (χ2n) is 5.65. The van der Waals surface area contributed by atoms with Crippen molar-refractivity contribution in [3.8, 4) is 0 Å². The Morgan fingerprint density at radius 2 is 2.00 bits per heavy atom. The first-order valence-electron chi connectivity index (χ1n) is 7.31. The van der Waals surface area contributed by atoms with Gasteiger partial charge in [-0.15, -0.1) is 24.0 Å². The molecule has 4 nitrogen and oxygen atoms in total. The standard InChI is InChI=1S/C16H26N4.HI/c1-13(14-8-6-5-7-9-14)20-11-10-15(12-20)18-16(17-2)19(3)4;/h5-9,13,15H,10-12H2,1-4H3,(H,17,18);1H. The van der Waals surface area contributed by atoms with Crippen LogP contribution in [0.1, 0.15) is 24.9 Å². The van der Waals surface area contributed by atoms with E-state index in [0.717, 1.165) is 19.0 Å². The number of hydrogen-bond acceptors (Lipinski definition) is 2. The third kappa shape index (κ3) is 4.85. The predicted molar refractivity (Wildman–Crippen MR) is 100 cm³/mol. The summed E-state index contributed by atoms with van der Waals surface area (Å²) >= 11 is 0. The van der Waals surface area contributed by atoms with Gasteiger partial charge in [0, 0.05) is 46.3 Å². The monoisotopic (exact) mass is 402 g/mol. The van der Waals surface area contributed by atoms with Gasteiger partial charge in [0.1, 0.15) is 0 Å². The first-order chi connectivity index (χ1) is 9.61. The Hall–Kier alpha value is -0.820. The van der Waals surface area contributed by atoms with E-state index in [-0.39, 0.29) is 24.0 Å². The van der Waals surface area contributed by atoms with E-state index in [0.29, 0.717) is 12.1 Å². The molecular formula is C16H27IN4. The number of hydrogen-bond donors (Lipinski definition) is 1. The number of benzene rings is 1. The van der Waals surface area contributed by atoms with E-state index >= 15 is 0 Å². The second-order valence-corrected chi connectivity index (χ2v) is 5.65. The Labute approximate surface area is 145 Å². The molecule has 118 valence electrons. The van der Waals surface area contributed by atoms with Crippen LogP contribution in [0.4, 0.5) is 0 Å². The molecule has 1 saturated heterocycles. The van der Waals surface area contributed by atoms with Crippen molar-refractivity contribution in [2.75, 3.05) is 34.2 Å². The molecule has 1 aromatic rings. The normalized spacial score (nSPS) is 20.8. The molecule has 1 N–H and O–H groups in total. The molecule has 0 saturated carbocycles. The van der Waals surface area contributed by atoms with Crippen molar-refractivity contribution in [3.05, 3.63) is 35.9 Å². The molecule has 1 heterocycles. The van der Waals surface area contributed by atoms with Crippen molar-refractivity contribution in [3.63, 3.8) is 0 Å². The van der Waals surface area contributed by atoms with E-state index in [1.165, 1.54) is 12.0 Å². The van der Waals surface area contributed by atoms with Gasteiger partial charge in [-0.3, -0.25) is 9.89 Å². The average molecular weight is 402 g/mol. The van der Waals surface area contributed by atoms with Crippen molar-refractivity contribution < 1.29 is 0 Å². The maximum absolute atomic E-state index is 4.29. The van der Waals surface area contributed by atoms with Gasteiger partial charge in [0.2, 0.25) is 0 Å². The largest absolute Gasteiger partial charge is 0.352 e. The summed E-state index contributed by atoms with van der Waals surface area (Å²) in [5, 5.41) is 3.54. The number of likely N-dealkylation sites (tertiary alicyclic amines) is 1. The molecule has 0 spiro atoms. The highest BCUT2D eigenvalue weighted by Crippen LogP contribution is 2.24. The highest BCUT2D eigenvalue weighted by molar-refractivity contribution is 14.0. The van der Waals surface area contributed by atoms with Gasteiger partial charge in [-0.2, -0.15) is 0 Å². The molecule has 0 bridgehead atoms. The van der Waals surface area contributed by atoms with Crippen LogP contribution in [0.2, 0.25) is 0 Å². The second kappa shape index (κ2) is 8.58. The average Bonchev–Trinajstić information content (AvgIpc) is 2.93. The molecule has 21 heavy (non-hydrogen) atoms. The summed E-state index contributed by atoms with van der Waals surface area (Å²) in [7, 11) is 5.88. The van der Waals surface area contributed by atoms with Crippen LogP contribution in [-0.2, 0) is 0 Å². The lowest BCUT2D eigenvalue weighted by atomic mass is 10.1. The Morgan fingerprint density at radius 3 is 2.57 bits per heavy atom. The van der Waals surface area contributed by atoms with Crippen molar-refractivity contribution in [2.45, 2.75) is 25.4 Å². The SMILES string of the molecule is CN=C(NC1CCN(C(C)c2ccccc2)C1)N(C)C.I. The summed E-state index contributed by atoms with van der Waals surface area (Å²) in [5.74, 6) is 0.962. The Bertz CT molecular complexity index is 447. The summed E-state index contributed by atoms with van der Waals surface area (Å²) in [6.45, 7) is 4.50. The minimum atomic E-state index is 0. The smallest absolute Gasteiger partial charge is 0.193 e. The Balaban J connectivity index is 0.00000220. The topological polar surface area (TPSA) is 30.9 Å². The first-order valence-corrected chi connectivity index (χ1v) is 7.31. The van der Waals surface area contributed by atoms with Gasteiger partial charge in [-0.1, -0.05) is 30.3 Å². The van der Waals surface area contributed by atoms with Crippen LogP contribution in [0.5, 0.6) is 0 Å². The minimum Gasteiger partial charge on any atom is -0.352 e. The van der Waals surface area contributed by atoms with Crippen molar-refractivity contribution in [1.82, 2.24) is 15.1 Å². The van der Waals surface area contributed by atoms with Crippen molar-refractivity contribution in [2.24, 2.45) is 4.99 Å². The van der Waals surface area contributed by atoms with Gasteiger partial charge in [-0.05, 0) is 18.9 Å². The molecule has 1 aliphatic heterocycles. The molecule has 1 fully saturated rings. The molecule has 2 rings (SSSR count). The fourth-order valence-electron chi connectivity index (χ4n) is 2.78. The first kappa shape index (κ1) is 18.2. The van der Waals surface area contributed by atoms with Crippen LogP contribution < -0.4 is 5.32 Å². The number of aliphatic imine (C=N–C) groups is 1. The summed E-state index contributed by atoms with van der Waals surface area (Å²) < 4.78 is 0. The van der Waals surface area contributed by atoms with Crippen molar-refractivity contribution in [1.29, 1.82) is 0 Å². The molecule has 2 atom stereocenters. The molecule has 0 aromatic heterocycles. The minimum absolute atomic E-state index is 0. The molecule has 0 radical (unpaired) electrons. The maximum Gasteiger partial charge on any atom is 0.193 e. The Morgan fingerprint density at radius 1 is 1.33 bits per heavy atom. The molecule has 5 heteroatoms. The quantitative estimate of drug-likeness (QED) is 0.479. The predicted octanol–water partition coefficient (Wildman–Crippen LogP) is 2.58. The zero-order valence-corrected chi connectivity index (χ0v) is 15.7. The van der Waals surface area contributed by atoms with Crippen LogP contribution in [0.3, 0.4) is 0 Å². The molecule has 0 aliphatic carbocycles. The molecule has 1 aromatic carbocycles. The van der Waals surface area contributed by atoms with Gasteiger partial charge in [0.25, 0.3) is 0 Å². The Kier molecular flexibility index (Phi) is 7.45. The number of nitrogens with one attached hydrogen (secondary N) is 1. The van der Waals surface area contributed by atoms with Gasteiger partial charge >= 0.3 is 0 Å².